The molecule has 1 aliphatic rings. The summed E-state index contributed by atoms with van der Waals surface area (Å²) in [7, 11) is 0. The van der Waals surface area contributed by atoms with Crippen molar-refractivity contribution in [3.05, 3.63) is 70.3 Å². The van der Waals surface area contributed by atoms with Crippen molar-refractivity contribution >= 4 is 17.3 Å². The molecule has 0 saturated heterocycles. The van der Waals surface area contributed by atoms with Crippen molar-refractivity contribution < 1.29 is 9.72 Å². The summed E-state index contributed by atoms with van der Waals surface area (Å²) in [5.74, 6) is 0.410. The van der Waals surface area contributed by atoms with Gasteiger partial charge in [-0.05, 0) is 43.4 Å². The summed E-state index contributed by atoms with van der Waals surface area (Å²) in [6, 6.07) is 15.8. The van der Waals surface area contributed by atoms with E-state index in [1.165, 1.54) is 30.5 Å². The molecule has 3 rings (SSSR count). The second-order valence-electron chi connectivity index (χ2n) is 6.41. The lowest BCUT2D eigenvalue weighted by Gasteiger charge is -2.23. The number of nitro benzene ring substituents is 1. The van der Waals surface area contributed by atoms with Crippen LogP contribution in [0.3, 0.4) is 0 Å². The number of hydrogen-bond acceptors (Lipinski definition) is 4. The van der Waals surface area contributed by atoms with Gasteiger partial charge in [-0.3, -0.25) is 20.2 Å². The molecule has 0 radical (unpaired) electrons. The van der Waals surface area contributed by atoms with Gasteiger partial charge in [-0.2, -0.15) is 0 Å². The molecule has 1 saturated carbocycles. The van der Waals surface area contributed by atoms with Crippen LogP contribution in [0.25, 0.3) is 0 Å². The molecule has 2 unspecified atom stereocenters. The molecule has 2 N–H and O–H groups in total. The number of nitrogens with zero attached hydrogens (tertiary/aromatic N) is 1. The molecule has 0 aromatic heterocycles. The first-order valence-electron chi connectivity index (χ1n) is 8.41. The minimum Gasteiger partial charge on any atom is -0.325 e. The van der Waals surface area contributed by atoms with E-state index >= 15 is 0 Å². The fourth-order valence-corrected chi connectivity index (χ4v) is 2.86. The van der Waals surface area contributed by atoms with Crippen LogP contribution in [-0.2, 0) is 4.79 Å². The Kier molecular flexibility index (Phi) is 5.09. The van der Waals surface area contributed by atoms with E-state index in [9.17, 15) is 14.9 Å². The van der Waals surface area contributed by atoms with Gasteiger partial charge in [0.2, 0.25) is 5.91 Å². The largest absolute Gasteiger partial charge is 0.325 e. The van der Waals surface area contributed by atoms with E-state index in [1.807, 2.05) is 25.1 Å². The molecule has 0 spiro atoms. The van der Waals surface area contributed by atoms with Crippen molar-refractivity contribution in [1.29, 1.82) is 0 Å². The number of carbonyl (C=O) groups excluding carboxylic acids is 1. The normalized spacial score (nSPS) is 16.0. The van der Waals surface area contributed by atoms with Crippen molar-refractivity contribution in [2.45, 2.75) is 31.8 Å². The Balaban J connectivity index is 1.62. The Hall–Kier alpha value is -2.73. The van der Waals surface area contributed by atoms with E-state index in [-0.39, 0.29) is 23.7 Å². The summed E-state index contributed by atoms with van der Waals surface area (Å²) in [5.41, 5.74) is 1.74. The van der Waals surface area contributed by atoms with Gasteiger partial charge in [0.25, 0.3) is 5.69 Å². The number of carbonyl (C=O) groups is 1. The molecule has 0 aliphatic heterocycles. The van der Waals surface area contributed by atoms with Crippen LogP contribution in [-0.4, -0.2) is 16.9 Å². The lowest BCUT2D eigenvalue weighted by atomic mass is 10.0. The van der Waals surface area contributed by atoms with Crippen LogP contribution in [0.5, 0.6) is 0 Å². The van der Waals surface area contributed by atoms with Gasteiger partial charge < -0.3 is 5.32 Å². The maximum Gasteiger partial charge on any atom is 0.269 e. The molecular weight excluding hydrogens is 318 g/mol. The molecule has 0 bridgehead atoms. The summed E-state index contributed by atoms with van der Waals surface area (Å²) in [6.07, 6.45) is 2.34. The summed E-state index contributed by atoms with van der Waals surface area (Å²) in [6.45, 7) is 1.83. The second-order valence-corrected chi connectivity index (χ2v) is 6.41. The van der Waals surface area contributed by atoms with Crippen LogP contribution in [0.2, 0.25) is 0 Å². The van der Waals surface area contributed by atoms with Crippen molar-refractivity contribution in [1.82, 2.24) is 5.32 Å². The molecule has 6 heteroatoms. The monoisotopic (exact) mass is 339 g/mol. The Morgan fingerprint density at radius 3 is 2.32 bits per heavy atom. The average molecular weight is 339 g/mol. The highest BCUT2D eigenvalue weighted by Gasteiger charge is 2.33. The van der Waals surface area contributed by atoms with Gasteiger partial charge in [0, 0.05) is 23.9 Å². The molecule has 25 heavy (non-hydrogen) atoms. The molecular formula is C19H21N3O3. The van der Waals surface area contributed by atoms with Crippen LogP contribution in [0.15, 0.2) is 54.6 Å². The Morgan fingerprint density at radius 2 is 1.76 bits per heavy atom. The van der Waals surface area contributed by atoms with E-state index in [0.717, 1.165) is 0 Å². The molecule has 2 aromatic carbocycles. The van der Waals surface area contributed by atoms with Crippen molar-refractivity contribution in [3.8, 4) is 0 Å². The summed E-state index contributed by atoms with van der Waals surface area (Å²) >= 11 is 0. The van der Waals surface area contributed by atoms with Gasteiger partial charge in [0.05, 0.1) is 11.0 Å². The minimum atomic E-state index is -0.462. The number of hydrogen-bond donors (Lipinski definition) is 2. The summed E-state index contributed by atoms with van der Waals surface area (Å²) in [4.78, 5) is 22.6. The van der Waals surface area contributed by atoms with Crippen LogP contribution in [0.1, 0.15) is 31.4 Å². The third kappa shape index (κ3) is 4.42. The van der Waals surface area contributed by atoms with Crippen molar-refractivity contribution in [2.75, 3.05) is 5.32 Å². The highest BCUT2D eigenvalue weighted by Crippen LogP contribution is 2.41. The molecule has 130 valence electrons. The number of nitro groups is 1. The molecule has 1 fully saturated rings. The second kappa shape index (κ2) is 7.44. The molecule has 2 aromatic rings. The molecule has 1 aliphatic carbocycles. The van der Waals surface area contributed by atoms with E-state index in [1.54, 1.807) is 12.1 Å². The predicted octanol–water partition coefficient (Wildman–Crippen LogP) is 3.66. The number of benzene rings is 2. The minimum absolute atomic E-state index is 0.00190. The van der Waals surface area contributed by atoms with Gasteiger partial charge in [-0.1, -0.05) is 30.3 Å². The highest BCUT2D eigenvalue weighted by atomic mass is 16.6. The zero-order chi connectivity index (χ0) is 17.8. The van der Waals surface area contributed by atoms with Gasteiger partial charge in [-0.15, -0.1) is 0 Å². The fraction of sp³-hybridized carbons (Fsp3) is 0.316. The number of nitrogens with one attached hydrogen (secondary N) is 2. The first-order valence-corrected chi connectivity index (χ1v) is 8.41. The molecule has 6 nitrogen and oxygen atoms in total. The number of amides is 1. The maximum atomic E-state index is 12.4. The lowest BCUT2D eigenvalue weighted by molar-refractivity contribution is -0.384. The fourth-order valence-electron chi connectivity index (χ4n) is 2.86. The first-order chi connectivity index (χ1) is 12.0. The van der Waals surface area contributed by atoms with Crippen molar-refractivity contribution in [2.24, 2.45) is 5.92 Å². The number of rotatable bonds is 7. The summed E-state index contributed by atoms with van der Waals surface area (Å²) in [5, 5.41) is 16.9. The highest BCUT2D eigenvalue weighted by molar-refractivity contribution is 5.94. The molecule has 0 heterocycles. The zero-order valence-corrected chi connectivity index (χ0v) is 14.0. The van der Waals surface area contributed by atoms with E-state index < -0.39 is 4.92 Å². The average Bonchev–Trinajstić information content (AvgIpc) is 3.45. The maximum absolute atomic E-state index is 12.4. The van der Waals surface area contributed by atoms with Gasteiger partial charge >= 0.3 is 0 Å². The molecule has 2 atom stereocenters. The van der Waals surface area contributed by atoms with Crippen LogP contribution in [0, 0.1) is 16.0 Å². The quantitative estimate of drug-likeness (QED) is 0.595. The Labute approximate surface area is 146 Å². The standard InChI is InChI=1S/C19H21N3O3/c1-13(19(23)21-16-9-11-17(12-10-16)22(24)25)20-18(15-7-8-15)14-5-3-2-4-6-14/h2-6,9-13,15,18,20H,7-8H2,1H3,(H,21,23). The number of non-ortho nitro benzene ring substituents is 1. The van der Waals surface area contributed by atoms with Crippen molar-refractivity contribution in [3.63, 3.8) is 0 Å². The lowest BCUT2D eigenvalue weighted by Crippen LogP contribution is -2.40. The summed E-state index contributed by atoms with van der Waals surface area (Å²) < 4.78 is 0. The molecule has 1 amide bonds. The first kappa shape index (κ1) is 17.1. The zero-order valence-electron chi connectivity index (χ0n) is 14.0. The third-order valence-corrected chi connectivity index (χ3v) is 4.42. The van der Waals surface area contributed by atoms with Crippen LogP contribution < -0.4 is 10.6 Å². The van der Waals surface area contributed by atoms with Gasteiger partial charge in [-0.25, -0.2) is 0 Å². The smallest absolute Gasteiger partial charge is 0.269 e. The number of anilines is 1. The van der Waals surface area contributed by atoms with E-state index in [2.05, 4.69) is 22.8 Å². The third-order valence-electron chi connectivity index (χ3n) is 4.42. The topological polar surface area (TPSA) is 84.3 Å². The van der Waals surface area contributed by atoms with Crippen LogP contribution in [0.4, 0.5) is 11.4 Å². The van der Waals surface area contributed by atoms with E-state index in [4.69, 9.17) is 0 Å². The predicted molar refractivity (Wildman–Crippen MR) is 96.2 cm³/mol. The SMILES string of the molecule is CC(NC(c1ccccc1)C1CC1)C(=O)Nc1ccc([N+](=O)[O-])cc1. The van der Waals surface area contributed by atoms with Gasteiger partial charge in [0.1, 0.15) is 0 Å². The Morgan fingerprint density at radius 1 is 1.12 bits per heavy atom. The van der Waals surface area contributed by atoms with Gasteiger partial charge in [0.15, 0.2) is 0 Å². The van der Waals surface area contributed by atoms with Crippen LogP contribution >= 0.6 is 0 Å². The van der Waals surface area contributed by atoms with E-state index in [0.29, 0.717) is 11.6 Å². The Bertz CT molecular complexity index is 742.